The van der Waals surface area contributed by atoms with E-state index in [1.165, 1.54) is 24.3 Å². The Kier molecular flexibility index (Phi) is 14.4. The summed E-state index contributed by atoms with van der Waals surface area (Å²) in [7, 11) is -18.9. The molecule has 0 saturated carbocycles. The molecule has 30 heteroatoms. The molecule has 0 aliphatic rings. The highest BCUT2D eigenvalue weighted by molar-refractivity contribution is 8.19. The summed E-state index contributed by atoms with van der Waals surface area (Å²) in [4.78, 5) is 3.06. The molecule has 0 fully saturated rings. The van der Waals surface area contributed by atoms with Gasteiger partial charge in [0.2, 0.25) is 11.2 Å². The third-order valence-electron chi connectivity index (χ3n) is 6.62. The van der Waals surface area contributed by atoms with Gasteiger partial charge in [0.1, 0.15) is 33.7 Å². The predicted molar refractivity (Wildman–Crippen MR) is 199 cm³/mol. The van der Waals surface area contributed by atoms with Crippen LogP contribution in [0.2, 0.25) is 0 Å². The molecule has 0 heterocycles. The van der Waals surface area contributed by atoms with Crippen molar-refractivity contribution in [2.24, 2.45) is 20.5 Å². The molecule has 4 aromatic rings. The molecule has 0 amide bonds. The largest absolute Gasteiger partial charge is 0.505 e. The Morgan fingerprint density at radius 1 is 0.661 bits per heavy atom. The molecule has 0 aromatic heterocycles. The van der Waals surface area contributed by atoms with Crippen molar-refractivity contribution in [1.29, 1.82) is 0 Å². The molecule has 0 bridgehead atoms. The van der Waals surface area contributed by atoms with E-state index in [0.29, 0.717) is 16.9 Å². The number of phenols is 1. The van der Waals surface area contributed by atoms with Crippen molar-refractivity contribution in [1.82, 2.24) is 0 Å². The standard InChI is InChI=1S/C26H29N5O19S6/c27-23-22-15(13-20(53(35,36)37)24(23)30-28-17-3-7-19(8-4-17)52(33,34)12-11-49-56(44,45)46)14-21(54(38,39)40)25(26(22)32)31-29-16-1-5-18(6-2-16)51-50-47-9-10-48-55(41,42)43/h1-8,13-14,32,38-43H,9-12,27H2,(H,35,36,37)(H,44,45,46). The topological polar surface area (TPSA) is 397 Å². The van der Waals surface area contributed by atoms with E-state index in [1.807, 2.05) is 0 Å². The van der Waals surface area contributed by atoms with Gasteiger partial charge < -0.3 is 24.5 Å². The van der Waals surface area contributed by atoms with Crippen LogP contribution in [0.4, 0.5) is 28.4 Å². The van der Waals surface area contributed by atoms with Crippen LogP contribution in [-0.4, -0.2) is 92.4 Å². The molecule has 56 heavy (non-hydrogen) atoms. The maximum Gasteiger partial charge on any atom is 0.397 e. The Hall–Kier alpha value is -3.64. The van der Waals surface area contributed by atoms with Crippen molar-refractivity contribution in [3.63, 3.8) is 0 Å². The monoisotopic (exact) mass is 907 g/mol. The molecular weight excluding hydrogens is 879 g/mol. The average Bonchev–Trinajstić information content (AvgIpc) is 3.07. The summed E-state index contributed by atoms with van der Waals surface area (Å²) < 4.78 is 160. The SMILES string of the molecule is Nc1c(N=Nc2ccc(S(=O)(=O)CCOS(=O)(=O)O)cc2)c(S(=O)(=O)O)cc2cc(S(O)(O)O)c(N=Nc3ccc(SOOCCOS(O)(O)O)cc3)c(O)c12. The first-order valence-electron chi connectivity index (χ1n) is 14.5. The molecule has 0 spiro atoms. The van der Waals surface area contributed by atoms with Crippen LogP contribution in [0.5, 0.6) is 5.75 Å². The van der Waals surface area contributed by atoms with Gasteiger partial charge in [-0.25, -0.2) is 17.5 Å². The lowest BCUT2D eigenvalue weighted by Crippen LogP contribution is -2.15. The number of benzene rings is 4. The summed E-state index contributed by atoms with van der Waals surface area (Å²) in [6.45, 7) is -1.57. The van der Waals surface area contributed by atoms with Crippen molar-refractivity contribution in [3.05, 3.63) is 60.7 Å². The Balaban J connectivity index is 1.66. The highest BCUT2D eigenvalue weighted by atomic mass is 32.3. The number of hydrogen-bond donors (Lipinski definition) is 10. The first kappa shape index (κ1) is 45.1. The van der Waals surface area contributed by atoms with E-state index in [0.717, 1.165) is 36.4 Å². The molecule has 308 valence electrons. The second kappa shape index (κ2) is 17.9. The summed E-state index contributed by atoms with van der Waals surface area (Å²) >= 11 is -3.43. The molecule has 4 aromatic carbocycles. The highest BCUT2D eigenvalue weighted by Gasteiger charge is 2.29. The number of anilines is 1. The lowest BCUT2D eigenvalue weighted by atomic mass is 10.1. The van der Waals surface area contributed by atoms with Gasteiger partial charge in [-0.05, 0) is 66.0 Å². The zero-order valence-electron chi connectivity index (χ0n) is 27.5. The molecule has 0 aliphatic carbocycles. The van der Waals surface area contributed by atoms with Crippen molar-refractivity contribution in [3.8, 4) is 5.75 Å². The third-order valence-corrected chi connectivity index (χ3v) is 11.7. The Morgan fingerprint density at radius 2 is 1.21 bits per heavy atom. The number of nitrogen functional groups attached to an aromatic ring is 1. The number of sulfone groups is 1. The van der Waals surface area contributed by atoms with Crippen molar-refractivity contribution < 1.29 is 84.4 Å². The minimum Gasteiger partial charge on any atom is -0.505 e. The number of nitrogens with zero attached hydrogens (tertiary/aromatic N) is 4. The number of phenolic OH excluding ortho intramolecular Hbond substituents is 1. The van der Waals surface area contributed by atoms with Gasteiger partial charge in [-0.1, -0.05) is 0 Å². The number of rotatable bonds is 18. The Morgan fingerprint density at radius 3 is 1.75 bits per heavy atom. The minimum atomic E-state index is -5.17. The lowest BCUT2D eigenvalue weighted by Gasteiger charge is -2.22. The average molecular weight is 908 g/mol. The zero-order valence-corrected chi connectivity index (χ0v) is 32.4. The van der Waals surface area contributed by atoms with Crippen LogP contribution in [0.3, 0.4) is 0 Å². The highest BCUT2D eigenvalue weighted by Crippen LogP contribution is 2.56. The first-order valence-corrected chi connectivity index (χ1v) is 22.6. The second-order valence-corrected chi connectivity index (χ2v) is 18.5. The zero-order chi connectivity index (χ0) is 41.7. The molecular formula is C26H29N5O19S6. The summed E-state index contributed by atoms with van der Waals surface area (Å²) in [6, 6.07) is 11.5. The van der Waals surface area contributed by atoms with Gasteiger partial charge in [-0.15, -0.1) is 10.2 Å². The fraction of sp³-hybridized carbons (Fsp3) is 0.154. The molecule has 0 atom stereocenters. The Bertz CT molecular complexity index is 2460. The van der Waals surface area contributed by atoms with E-state index in [-0.39, 0.29) is 28.3 Å². The van der Waals surface area contributed by atoms with Crippen LogP contribution in [0.25, 0.3) is 10.8 Å². The summed E-state index contributed by atoms with van der Waals surface area (Å²) in [5, 5.41) is 25.9. The van der Waals surface area contributed by atoms with Gasteiger partial charge in [0, 0.05) is 4.90 Å². The number of azo groups is 2. The van der Waals surface area contributed by atoms with Crippen LogP contribution >= 0.6 is 34.1 Å². The fourth-order valence-corrected chi connectivity index (χ4v) is 7.84. The van der Waals surface area contributed by atoms with Gasteiger partial charge in [-0.3, -0.25) is 26.9 Å². The van der Waals surface area contributed by atoms with Gasteiger partial charge in [0.05, 0.1) is 63.2 Å². The van der Waals surface area contributed by atoms with E-state index in [9.17, 15) is 48.6 Å². The van der Waals surface area contributed by atoms with Crippen LogP contribution in [-0.2, 0) is 47.9 Å². The molecule has 0 unspecified atom stereocenters. The van der Waals surface area contributed by atoms with E-state index < -0.39 is 109 Å². The second-order valence-electron chi connectivity index (χ2n) is 10.5. The quantitative estimate of drug-likeness (QED) is 0.00969. The number of hydrogen-bond acceptors (Lipinski definition) is 23. The Labute approximate surface area is 324 Å². The maximum atomic E-state index is 12.5. The predicted octanol–water partition coefficient (Wildman–Crippen LogP) is 6.49. The van der Waals surface area contributed by atoms with Crippen LogP contribution < -0.4 is 5.73 Å². The molecule has 0 radical (unpaired) electrons. The molecule has 4 rings (SSSR count). The number of aromatic hydroxyl groups is 1. The van der Waals surface area contributed by atoms with Crippen LogP contribution in [0.15, 0.2) is 101 Å². The minimum absolute atomic E-state index is 0.0968. The van der Waals surface area contributed by atoms with Gasteiger partial charge >= 0.3 is 10.4 Å². The van der Waals surface area contributed by atoms with E-state index in [1.54, 1.807) is 0 Å². The lowest BCUT2D eigenvalue weighted by molar-refractivity contribution is -0.195. The van der Waals surface area contributed by atoms with Gasteiger partial charge in [-0.2, -0.15) is 31.4 Å². The number of nitrogens with two attached hydrogens (primary N) is 1. The number of fused-ring (bicyclic) bond motifs is 1. The smallest absolute Gasteiger partial charge is 0.397 e. The van der Waals surface area contributed by atoms with Crippen molar-refractivity contribution in [2.75, 3.05) is 31.3 Å². The summed E-state index contributed by atoms with van der Waals surface area (Å²) in [5.41, 5.74) is 4.11. The molecule has 11 N–H and O–H groups in total. The van der Waals surface area contributed by atoms with E-state index in [4.69, 9.17) is 33.2 Å². The molecule has 24 nitrogen and oxygen atoms in total. The normalized spacial score (nSPS) is 13.9. The van der Waals surface area contributed by atoms with Gasteiger partial charge in [0.15, 0.2) is 15.6 Å². The van der Waals surface area contributed by atoms with Crippen molar-refractivity contribution in [2.45, 2.75) is 19.6 Å². The first-order chi connectivity index (χ1) is 25.9. The summed E-state index contributed by atoms with van der Waals surface area (Å²) in [6.07, 6.45) is 0. The van der Waals surface area contributed by atoms with E-state index in [2.05, 4.69) is 28.8 Å². The maximum absolute atomic E-state index is 12.5. The molecule has 0 saturated heterocycles. The van der Waals surface area contributed by atoms with Crippen LogP contribution in [0, 0.1) is 0 Å². The van der Waals surface area contributed by atoms with E-state index >= 15 is 0 Å². The fourth-order valence-electron chi connectivity index (χ4n) is 4.26. The van der Waals surface area contributed by atoms with Crippen molar-refractivity contribution >= 4 is 104 Å². The van der Waals surface area contributed by atoms with Gasteiger partial charge in [0.25, 0.3) is 10.1 Å². The summed E-state index contributed by atoms with van der Waals surface area (Å²) in [5.74, 6) is -1.79. The molecule has 0 aliphatic heterocycles. The van der Waals surface area contributed by atoms with Crippen LogP contribution in [0.1, 0.15) is 0 Å². The third kappa shape index (κ3) is 12.7.